The van der Waals surface area contributed by atoms with Crippen LogP contribution >= 0.6 is 15.9 Å². The summed E-state index contributed by atoms with van der Waals surface area (Å²) in [6.45, 7) is 0. The van der Waals surface area contributed by atoms with Crippen molar-refractivity contribution in [1.29, 1.82) is 0 Å². The van der Waals surface area contributed by atoms with Crippen LogP contribution in [-0.4, -0.2) is 5.54 Å². The molecule has 88 valence electrons. The molecule has 1 aromatic carbocycles. The molecule has 1 aromatic rings. The van der Waals surface area contributed by atoms with Crippen LogP contribution in [0.15, 0.2) is 28.7 Å². The molecule has 0 bridgehead atoms. The highest BCUT2D eigenvalue weighted by molar-refractivity contribution is 9.10. The highest BCUT2D eigenvalue weighted by Crippen LogP contribution is 2.46. The molecule has 1 aliphatic rings. The molecular weight excluding hydrogens is 276 g/mol. The Hall–Kier alpha value is -0.480. The Morgan fingerprint density at radius 3 is 2.44 bits per heavy atom. The summed E-state index contributed by atoms with van der Waals surface area (Å²) in [4.78, 5) is 0. The standard InChI is InChI=1S/C12H14BrF2N/c13-10-5-3-4-9(8-10)12(14,15)11(16)6-1-2-7-11/h3-5,8H,1-2,6-7,16H2. The molecule has 0 unspecified atom stereocenters. The second-order valence-electron chi connectivity index (χ2n) is 4.45. The van der Waals surface area contributed by atoms with Crippen molar-refractivity contribution in [3.63, 3.8) is 0 Å². The smallest absolute Gasteiger partial charge is 0.290 e. The molecule has 1 nitrogen and oxygen atoms in total. The van der Waals surface area contributed by atoms with Gasteiger partial charge in [-0.2, -0.15) is 8.78 Å². The van der Waals surface area contributed by atoms with Gasteiger partial charge in [-0.1, -0.05) is 40.9 Å². The van der Waals surface area contributed by atoms with Crippen LogP contribution < -0.4 is 5.73 Å². The summed E-state index contributed by atoms with van der Waals surface area (Å²) in [6, 6.07) is 6.24. The van der Waals surface area contributed by atoms with Crippen molar-refractivity contribution >= 4 is 15.9 Å². The first-order valence-electron chi connectivity index (χ1n) is 5.38. The fourth-order valence-corrected chi connectivity index (χ4v) is 2.69. The average molecular weight is 290 g/mol. The van der Waals surface area contributed by atoms with E-state index in [0.29, 0.717) is 17.3 Å². The summed E-state index contributed by atoms with van der Waals surface area (Å²) in [7, 11) is 0. The minimum absolute atomic E-state index is 0.00581. The number of alkyl halides is 2. The maximum Gasteiger partial charge on any atom is 0.290 e. The van der Waals surface area contributed by atoms with Crippen molar-refractivity contribution in [3.8, 4) is 0 Å². The van der Waals surface area contributed by atoms with E-state index in [-0.39, 0.29) is 5.56 Å². The minimum Gasteiger partial charge on any atom is -0.320 e. The van der Waals surface area contributed by atoms with Crippen molar-refractivity contribution in [1.82, 2.24) is 0 Å². The molecule has 1 aliphatic carbocycles. The molecule has 0 amide bonds. The van der Waals surface area contributed by atoms with Gasteiger partial charge in [0.25, 0.3) is 5.92 Å². The second kappa shape index (κ2) is 4.08. The molecule has 2 rings (SSSR count). The van der Waals surface area contributed by atoms with Crippen molar-refractivity contribution in [2.75, 3.05) is 0 Å². The molecule has 0 radical (unpaired) electrons. The Morgan fingerprint density at radius 2 is 1.88 bits per heavy atom. The highest BCUT2D eigenvalue weighted by Gasteiger charge is 2.53. The fourth-order valence-electron chi connectivity index (χ4n) is 2.29. The van der Waals surface area contributed by atoms with Crippen LogP contribution in [0.25, 0.3) is 0 Å². The summed E-state index contributed by atoms with van der Waals surface area (Å²) < 4.78 is 29.2. The summed E-state index contributed by atoms with van der Waals surface area (Å²) in [5, 5.41) is 0. The largest absolute Gasteiger partial charge is 0.320 e. The highest BCUT2D eigenvalue weighted by atomic mass is 79.9. The molecule has 16 heavy (non-hydrogen) atoms. The maximum atomic E-state index is 14.3. The molecule has 4 heteroatoms. The van der Waals surface area contributed by atoms with Crippen molar-refractivity contribution in [2.45, 2.75) is 37.1 Å². The number of nitrogens with two attached hydrogens (primary N) is 1. The third kappa shape index (κ3) is 1.89. The molecule has 0 heterocycles. The molecule has 0 atom stereocenters. The van der Waals surface area contributed by atoms with Crippen LogP contribution in [0.2, 0.25) is 0 Å². The monoisotopic (exact) mass is 289 g/mol. The number of rotatable bonds is 2. The fraction of sp³-hybridized carbons (Fsp3) is 0.500. The topological polar surface area (TPSA) is 26.0 Å². The molecule has 0 saturated heterocycles. The van der Waals surface area contributed by atoms with Crippen molar-refractivity contribution in [3.05, 3.63) is 34.3 Å². The third-order valence-corrected chi connectivity index (χ3v) is 3.80. The Balaban J connectivity index is 2.37. The molecular formula is C12H14BrF2N. The zero-order valence-electron chi connectivity index (χ0n) is 8.85. The van der Waals surface area contributed by atoms with E-state index < -0.39 is 11.5 Å². The zero-order chi connectivity index (χ0) is 11.8. The summed E-state index contributed by atoms with van der Waals surface area (Å²) >= 11 is 3.21. The maximum absolute atomic E-state index is 14.3. The van der Waals surface area contributed by atoms with Gasteiger partial charge in [0.15, 0.2) is 0 Å². The number of benzene rings is 1. The average Bonchev–Trinajstić information content (AvgIpc) is 2.67. The molecule has 0 spiro atoms. The quantitative estimate of drug-likeness (QED) is 0.880. The molecule has 2 N–H and O–H groups in total. The van der Waals surface area contributed by atoms with Gasteiger partial charge < -0.3 is 5.73 Å². The molecule has 0 aromatic heterocycles. The lowest BCUT2D eigenvalue weighted by molar-refractivity contribution is -0.0795. The predicted octanol–water partition coefficient (Wildman–Crippen LogP) is 3.81. The van der Waals surface area contributed by atoms with Crippen molar-refractivity contribution < 1.29 is 8.78 Å². The summed E-state index contributed by atoms with van der Waals surface area (Å²) in [5.41, 5.74) is 4.49. The first-order valence-corrected chi connectivity index (χ1v) is 6.18. The van der Waals surface area contributed by atoms with E-state index in [0.717, 1.165) is 12.8 Å². The summed E-state index contributed by atoms with van der Waals surface area (Å²) in [5.74, 6) is -2.95. The van der Waals surface area contributed by atoms with Crippen LogP contribution in [0, 0.1) is 0 Å². The first-order chi connectivity index (χ1) is 7.46. The number of hydrogen-bond acceptors (Lipinski definition) is 1. The summed E-state index contributed by atoms with van der Waals surface area (Å²) in [6.07, 6.45) is 2.37. The number of halogens is 3. The van der Waals surface area contributed by atoms with Gasteiger partial charge in [-0.25, -0.2) is 0 Å². The van der Waals surface area contributed by atoms with E-state index in [2.05, 4.69) is 15.9 Å². The van der Waals surface area contributed by atoms with E-state index in [1.165, 1.54) is 12.1 Å². The van der Waals surface area contributed by atoms with Crippen LogP contribution in [0.1, 0.15) is 31.2 Å². The Kier molecular flexibility index (Phi) is 3.05. The van der Waals surface area contributed by atoms with Crippen molar-refractivity contribution in [2.24, 2.45) is 5.73 Å². The number of hydrogen-bond donors (Lipinski definition) is 1. The van der Waals surface area contributed by atoms with Gasteiger partial charge in [0.05, 0.1) is 5.54 Å². The van der Waals surface area contributed by atoms with E-state index >= 15 is 0 Å². The van der Waals surface area contributed by atoms with E-state index in [4.69, 9.17) is 5.73 Å². The van der Waals surface area contributed by atoms with E-state index in [1.807, 2.05) is 0 Å². The Bertz CT molecular complexity index is 386. The Morgan fingerprint density at radius 1 is 1.25 bits per heavy atom. The van der Waals surface area contributed by atoms with Crippen LogP contribution in [0.5, 0.6) is 0 Å². The normalized spacial score (nSPS) is 20.0. The van der Waals surface area contributed by atoms with E-state index in [1.54, 1.807) is 12.1 Å². The minimum atomic E-state index is -2.95. The van der Waals surface area contributed by atoms with Gasteiger partial charge in [-0.3, -0.25) is 0 Å². The van der Waals surface area contributed by atoms with Gasteiger partial charge in [-0.15, -0.1) is 0 Å². The molecule has 1 fully saturated rings. The first kappa shape index (κ1) is 12.0. The molecule has 0 aliphatic heterocycles. The van der Waals surface area contributed by atoms with Crippen LogP contribution in [0.3, 0.4) is 0 Å². The van der Waals surface area contributed by atoms with Crippen LogP contribution in [-0.2, 0) is 5.92 Å². The Labute approximate surface area is 102 Å². The van der Waals surface area contributed by atoms with Gasteiger partial charge in [0, 0.05) is 10.0 Å². The van der Waals surface area contributed by atoms with Gasteiger partial charge in [0.1, 0.15) is 0 Å². The van der Waals surface area contributed by atoms with E-state index in [9.17, 15) is 8.78 Å². The molecule has 1 saturated carbocycles. The van der Waals surface area contributed by atoms with Gasteiger partial charge in [0.2, 0.25) is 0 Å². The second-order valence-corrected chi connectivity index (χ2v) is 5.36. The zero-order valence-corrected chi connectivity index (χ0v) is 10.4. The van der Waals surface area contributed by atoms with Gasteiger partial charge in [-0.05, 0) is 25.0 Å². The van der Waals surface area contributed by atoms with Crippen LogP contribution in [0.4, 0.5) is 8.78 Å². The SMILES string of the molecule is NC1(C(F)(F)c2cccc(Br)c2)CCCC1. The van der Waals surface area contributed by atoms with Gasteiger partial charge >= 0.3 is 0 Å². The lowest BCUT2D eigenvalue weighted by Crippen LogP contribution is -2.51. The lowest BCUT2D eigenvalue weighted by Gasteiger charge is -2.33. The third-order valence-electron chi connectivity index (χ3n) is 3.31. The lowest BCUT2D eigenvalue weighted by atomic mass is 9.86. The predicted molar refractivity (Wildman–Crippen MR) is 63.4 cm³/mol.